The molecule has 9 heteroatoms. The van der Waals surface area contributed by atoms with Gasteiger partial charge in [0, 0.05) is 16.8 Å². The minimum absolute atomic E-state index is 0.299. The van der Waals surface area contributed by atoms with Crippen molar-refractivity contribution in [3.63, 3.8) is 0 Å². The average molecular weight is 308 g/mol. The van der Waals surface area contributed by atoms with Crippen molar-refractivity contribution in [1.29, 1.82) is 0 Å². The molecule has 3 N–H and O–H groups in total. The molecule has 1 heterocycles. The third-order valence-corrected chi connectivity index (χ3v) is 3.38. The number of carbonyl (C=O) groups is 1. The zero-order valence-electron chi connectivity index (χ0n) is 11.9. The Morgan fingerprint density at radius 3 is 2.95 bits per heavy atom. The molecule has 1 amide bonds. The van der Waals surface area contributed by atoms with Crippen LogP contribution in [0.5, 0.6) is 5.75 Å². The van der Waals surface area contributed by atoms with Gasteiger partial charge in [0.15, 0.2) is 0 Å². The molecule has 22 heavy (non-hydrogen) atoms. The van der Waals surface area contributed by atoms with Crippen molar-refractivity contribution in [2.45, 2.75) is 25.4 Å². The lowest BCUT2D eigenvalue weighted by Gasteiger charge is -2.11. The van der Waals surface area contributed by atoms with Crippen LogP contribution >= 0.6 is 0 Å². The van der Waals surface area contributed by atoms with E-state index < -0.39 is 24.7 Å². The molecular formula is C13H17BN2O6. The van der Waals surface area contributed by atoms with Gasteiger partial charge in [-0.25, -0.2) is 0 Å². The van der Waals surface area contributed by atoms with Crippen LogP contribution in [-0.2, 0) is 9.45 Å². The molecule has 0 radical (unpaired) electrons. The summed E-state index contributed by atoms with van der Waals surface area (Å²) in [5, 5.41) is 20.6. The van der Waals surface area contributed by atoms with E-state index in [1.807, 2.05) is 0 Å². The number of nitrogens with zero attached hydrogens (tertiary/aromatic N) is 1. The van der Waals surface area contributed by atoms with Crippen LogP contribution in [0.4, 0.5) is 0 Å². The maximum Gasteiger partial charge on any atom is 0.496 e. The molecule has 0 aromatic heterocycles. The number of unbranched alkanes of at least 4 members (excludes halogenated alkanes) is 1. The fourth-order valence-electron chi connectivity index (χ4n) is 2.39. The summed E-state index contributed by atoms with van der Waals surface area (Å²) in [7, 11) is -1.23. The molecule has 0 bridgehead atoms. The number of hydrogen-bond donors (Lipinski definition) is 2. The fraction of sp³-hybridized carbons (Fsp3) is 0.462. The maximum atomic E-state index is 10.6. The Balaban J connectivity index is 2.00. The van der Waals surface area contributed by atoms with E-state index in [2.05, 4.69) is 0 Å². The van der Waals surface area contributed by atoms with E-state index in [9.17, 15) is 19.9 Å². The van der Waals surface area contributed by atoms with Gasteiger partial charge in [-0.05, 0) is 24.5 Å². The molecule has 118 valence electrons. The summed E-state index contributed by atoms with van der Waals surface area (Å²) >= 11 is 0. The van der Waals surface area contributed by atoms with Crippen molar-refractivity contribution in [3.05, 3.63) is 33.9 Å². The molecule has 1 atom stereocenters. The summed E-state index contributed by atoms with van der Waals surface area (Å²) in [6.07, 6.45) is 0.778. The molecule has 1 unspecified atom stereocenters. The summed E-state index contributed by atoms with van der Waals surface area (Å²) in [6.45, 7) is -0.0531. The van der Waals surface area contributed by atoms with Gasteiger partial charge in [-0.15, -0.1) is 0 Å². The molecule has 0 spiro atoms. The Hall–Kier alpha value is -2.13. The molecule has 0 fully saturated rings. The Kier molecular flexibility index (Phi) is 5.34. The van der Waals surface area contributed by atoms with Crippen molar-refractivity contribution >= 4 is 18.5 Å². The number of hydrogen-bond acceptors (Lipinski definition) is 6. The number of nitro groups is 1. The first-order valence-electron chi connectivity index (χ1n) is 6.98. The van der Waals surface area contributed by atoms with E-state index in [-0.39, 0.29) is 5.91 Å². The molecule has 0 saturated carbocycles. The third-order valence-electron chi connectivity index (χ3n) is 3.38. The third kappa shape index (κ3) is 3.95. The van der Waals surface area contributed by atoms with Crippen molar-refractivity contribution in [1.82, 2.24) is 0 Å². The van der Waals surface area contributed by atoms with E-state index in [4.69, 9.17) is 15.1 Å². The van der Waals surface area contributed by atoms with Gasteiger partial charge >= 0.3 is 7.12 Å². The second kappa shape index (κ2) is 7.23. The second-order valence-electron chi connectivity index (χ2n) is 5.02. The summed E-state index contributed by atoms with van der Waals surface area (Å²) in [5.41, 5.74) is 6.05. The smallest absolute Gasteiger partial charge is 0.494 e. The quantitative estimate of drug-likeness (QED) is 0.295. The number of nitrogens with two attached hydrogens (primary N) is 1. The lowest BCUT2D eigenvalue weighted by molar-refractivity contribution is -0.490. The van der Waals surface area contributed by atoms with Gasteiger partial charge in [-0.3, -0.25) is 14.9 Å². The minimum Gasteiger partial charge on any atom is -0.494 e. The van der Waals surface area contributed by atoms with E-state index in [0.29, 0.717) is 42.6 Å². The summed E-state index contributed by atoms with van der Waals surface area (Å²) in [4.78, 5) is 20.8. The van der Waals surface area contributed by atoms with Crippen molar-refractivity contribution in [2.75, 3.05) is 13.2 Å². The van der Waals surface area contributed by atoms with Crippen LogP contribution in [0.1, 0.15) is 30.9 Å². The Morgan fingerprint density at radius 2 is 2.27 bits per heavy atom. The van der Waals surface area contributed by atoms with Gasteiger partial charge in [0.05, 0.1) is 6.61 Å². The lowest BCUT2D eigenvalue weighted by Crippen LogP contribution is -2.30. The molecule has 1 aliphatic rings. The number of amides is 1. The Morgan fingerprint density at radius 1 is 1.50 bits per heavy atom. The van der Waals surface area contributed by atoms with E-state index in [1.165, 1.54) is 0 Å². The minimum atomic E-state index is -1.23. The van der Waals surface area contributed by atoms with Gasteiger partial charge < -0.3 is 20.1 Å². The summed E-state index contributed by atoms with van der Waals surface area (Å²) in [6, 6.07) is 5.06. The largest absolute Gasteiger partial charge is 0.496 e. The number of ether oxygens (including phenoxy) is 1. The predicted molar refractivity (Wildman–Crippen MR) is 78.3 cm³/mol. The van der Waals surface area contributed by atoms with E-state index in [0.717, 1.165) is 0 Å². The molecule has 8 nitrogen and oxygen atoms in total. The Labute approximate surface area is 127 Å². The lowest BCUT2D eigenvalue weighted by atomic mass is 9.78. The van der Waals surface area contributed by atoms with Gasteiger partial charge in [0.2, 0.25) is 12.5 Å². The number of benzene rings is 1. The predicted octanol–water partition coefficient (Wildman–Crippen LogP) is -0.244. The number of primary amides is 1. The van der Waals surface area contributed by atoms with Crippen molar-refractivity contribution < 1.29 is 24.1 Å². The molecule has 1 aliphatic heterocycles. The zero-order valence-corrected chi connectivity index (χ0v) is 11.9. The normalized spacial score (nSPS) is 16.4. The van der Waals surface area contributed by atoms with Gasteiger partial charge in [-0.1, -0.05) is 12.1 Å². The molecule has 1 aromatic carbocycles. The van der Waals surface area contributed by atoms with Crippen LogP contribution in [-0.4, -0.2) is 36.1 Å². The van der Waals surface area contributed by atoms with E-state index in [1.54, 1.807) is 18.2 Å². The molecule has 0 saturated heterocycles. The van der Waals surface area contributed by atoms with Crippen LogP contribution in [0.25, 0.3) is 0 Å². The summed E-state index contributed by atoms with van der Waals surface area (Å²) < 4.78 is 10.8. The standard InChI is InChI=1S/C13H17BN2O6/c15-12(17)6-1-2-7-21-10-5-3-4-9-11(8-16(19)20)22-14(18)13(9)10/h3-5,11,18H,1-2,6-8H2,(H2,15,17). The van der Waals surface area contributed by atoms with Crippen LogP contribution in [0.2, 0.25) is 0 Å². The van der Waals surface area contributed by atoms with E-state index >= 15 is 0 Å². The van der Waals surface area contributed by atoms with Crippen molar-refractivity contribution in [3.8, 4) is 5.75 Å². The molecule has 2 rings (SSSR count). The highest BCUT2D eigenvalue weighted by Crippen LogP contribution is 2.27. The van der Waals surface area contributed by atoms with Crippen LogP contribution in [0, 0.1) is 10.1 Å². The second-order valence-corrected chi connectivity index (χ2v) is 5.02. The first-order valence-corrected chi connectivity index (χ1v) is 6.98. The molecule has 0 aliphatic carbocycles. The first kappa shape index (κ1) is 16.2. The fourth-order valence-corrected chi connectivity index (χ4v) is 2.39. The Bertz CT molecular complexity index is 567. The average Bonchev–Trinajstić information content (AvgIpc) is 2.75. The number of rotatable bonds is 8. The topological polar surface area (TPSA) is 125 Å². The van der Waals surface area contributed by atoms with Crippen LogP contribution in [0.15, 0.2) is 18.2 Å². The summed E-state index contributed by atoms with van der Waals surface area (Å²) in [5.74, 6) is 0.0852. The SMILES string of the molecule is NC(=O)CCCCOc1cccc2c1B(O)OC2C[N+](=O)[O-]. The van der Waals surface area contributed by atoms with Crippen LogP contribution < -0.4 is 15.9 Å². The highest BCUT2D eigenvalue weighted by molar-refractivity contribution is 6.62. The van der Waals surface area contributed by atoms with Crippen LogP contribution in [0.3, 0.4) is 0 Å². The van der Waals surface area contributed by atoms with Gasteiger partial charge in [0.25, 0.3) is 0 Å². The number of carbonyl (C=O) groups excluding carboxylic acids is 1. The highest BCUT2D eigenvalue weighted by Gasteiger charge is 2.40. The monoisotopic (exact) mass is 308 g/mol. The first-order chi connectivity index (χ1) is 10.5. The van der Waals surface area contributed by atoms with Gasteiger partial charge in [-0.2, -0.15) is 0 Å². The zero-order chi connectivity index (χ0) is 16.1. The highest BCUT2D eigenvalue weighted by atomic mass is 16.6. The molecule has 1 aromatic rings. The van der Waals surface area contributed by atoms with Gasteiger partial charge in [0.1, 0.15) is 11.9 Å². The maximum absolute atomic E-state index is 10.6. The van der Waals surface area contributed by atoms with Crippen molar-refractivity contribution in [2.24, 2.45) is 5.73 Å². The molecular weight excluding hydrogens is 291 g/mol. The number of fused-ring (bicyclic) bond motifs is 1.